The molecule has 0 spiro atoms. The Labute approximate surface area is 127 Å². The van der Waals surface area contributed by atoms with Crippen LogP contribution in [0.3, 0.4) is 0 Å². The van der Waals surface area contributed by atoms with Gasteiger partial charge in [0.05, 0.1) is 5.41 Å². The molecule has 0 aromatic heterocycles. The van der Waals surface area contributed by atoms with E-state index in [0.29, 0.717) is 17.8 Å². The Kier molecular flexibility index (Phi) is 3.59. The van der Waals surface area contributed by atoms with Gasteiger partial charge in [-0.3, -0.25) is 4.79 Å². The van der Waals surface area contributed by atoms with Crippen LogP contribution < -0.4 is 0 Å². The van der Waals surface area contributed by atoms with Crippen LogP contribution in [0, 0.1) is 24.2 Å². The van der Waals surface area contributed by atoms with E-state index in [1.54, 1.807) is 0 Å². The number of hydrogen-bond acceptors (Lipinski definition) is 1. The quantitative estimate of drug-likeness (QED) is 0.866. The van der Waals surface area contributed by atoms with Crippen LogP contribution in [-0.4, -0.2) is 11.1 Å². The number of carboxylic acids is 1. The number of benzene rings is 1. The number of aryl methyl sites for hydroxylation is 2. The maximum atomic E-state index is 11.8. The number of carbonyl (C=O) groups is 1. The summed E-state index contributed by atoms with van der Waals surface area (Å²) in [5, 5.41) is 9.72. The lowest BCUT2D eigenvalue weighted by molar-refractivity contribution is -0.157. The second-order valence-electron chi connectivity index (χ2n) is 7.29. The highest BCUT2D eigenvalue weighted by molar-refractivity contribution is 5.75. The van der Waals surface area contributed by atoms with Crippen molar-refractivity contribution in [1.82, 2.24) is 0 Å². The minimum atomic E-state index is -0.595. The fourth-order valence-corrected chi connectivity index (χ4v) is 5.05. The summed E-state index contributed by atoms with van der Waals surface area (Å²) < 4.78 is 0. The van der Waals surface area contributed by atoms with Crippen molar-refractivity contribution in [1.29, 1.82) is 0 Å². The summed E-state index contributed by atoms with van der Waals surface area (Å²) in [6.45, 7) is 6.30. The van der Waals surface area contributed by atoms with Gasteiger partial charge in [0.1, 0.15) is 0 Å². The van der Waals surface area contributed by atoms with Gasteiger partial charge in [0.15, 0.2) is 0 Å². The molecular formula is C19H26O2. The van der Waals surface area contributed by atoms with Gasteiger partial charge < -0.3 is 5.11 Å². The average molecular weight is 286 g/mol. The number of carboxylic acid groups (broad SMARTS) is 1. The zero-order valence-electron chi connectivity index (χ0n) is 13.4. The molecule has 4 atom stereocenters. The first-order valence-electron chi connectivity index (χ1n) is 8.30. The molecule has 0 radical (unpaired) electrons. The van der Waals surface area contributed by atoms with Gasteiger partial charge in [-0.1, -0.05) is 37.1 Å². The summed E-state index contributed by atoms with van der Waals surface area (Å²) in [5.41, 5.74) is 3.82. The highest BCUT2D eigenvalue weighted by atomic mass is 16.4. The zero-order valence-corrected chi connectivity index (χ0v) is 13.4. The van der Waals surface area contributed by atoms with E-state index in [0.717, 1.165) is 32.1 Å². The van der Waals surface area contributed by atoms with Crippen LogP contribution in [0.25, 0.3) is 0 Å². The molecule has 2 aliphatic rings. The molecule has 2 aliphatic carbocycles. The molecule has 114 valence electrons. The lowest BCUT2D eigenvalue weighted by Crippen LogP contribution is -2.46. The Morgan fingerprint density at radius 1 is 1.38 bits per heavy atom. The molecule has 1 aromatic rings. The van der Waals surface area contributed by atoms with Crippen molar-refractivity contribution in [3.63, 3.8) is 0 Å². The van der Waals surface area contributed by atoms with Gasteiger partial charge in [0, 0.05) is 0 Å². The zero-order chi connectivity index (χ0) is 15.2. The van der Waals surface area contributed by atoms with Crippen molar-refractivity contribution in [3.8, 4) is 0 Å². The van der Waals surface area contributed by atoms with E-state index in [-0.39, 0.29) is 0 Å². The minimum absolute atomic E-state index is 0.309. The molecule has 2 nitrogen and oxygen atoms in total. The Bertz CT molecular complexity index is 563. The summed E-state index contributed by atoms with van der Waals surface area (Å²) in [4.78, 5) is 11.8. The molecule has 1 N–H and O–H groups in total. The van der Waals surface area contributed by atoms with Crippen LogP contribution in [0.2, 0.25) is 0 Å². The van der Waals surface area contributed by atoms with E-state index in [9.17, 15) is 9.90 Å². The van der Waals surface area contributed by atoms with Gasteiger partial charge in [-0.2, -0.15) is 0 Å². The molecule has 1 aromatic carbocycles. The first-order valence-corrected chi connectivity index (χ1v) is 8.30. The fourth-order valence-electron chi connectivity index (χ4n) is 5.05. The van der Waals surface area contributed by atoms with Gasteiger partial charge in [-0.05, 0) is 68.4 Å². The number of hydrogen-bond donors (Lipinski definition) is 1. The van der Waals surface area contributed by atoms with Crippen LogP contribution in [0.4, 0.5) is 0 Å². The molecule has 1 saturated carbocycles. The number of fused-ring (bicyclic) bond motifs is 3. The van der Waals surface area contributed by atoms with Crippen molar-refractivity contribution in [2.24, 2.45) is 17.3 Å². The van der Waals surface area contributed by atoms with E-state index in [1.807, 2.05) is 6.92 Å². The summed E-state index contributed by atoms with van der Waals surface area (Å²) in [5.74, 6) is 0.831. The van der Waals surface area contributed by atoms with Crippen molar-refractivity contribution in [2.75, 3.05) is 0 Å². The minimum Gasteiger partial charge on any atom is -0.481 e. The predicted molar refractivity (Wildman–Crippen MR) is 84.5 cm³/mol. The van der Waals surface area contributed by atoms with Crippen molar-refractivity contribution in [2.45, 2.75) is 58.8 Å². The fraction of sp³-hybridized carbons (Fsp3) is 0.632. The molecule has 0 bridgehead atoms. The molecule has 0 aliphatic heterocycles. The second-order valence-corrected chi connectivity index (χ2v) is 7.29. The van der Waals surface area contributed by atoms with Gasteiger partial charge in [0.2, 0.25) is 0 Å². The molecule has 0 saturated heterocycles. The Balaban J connectivity index is 1.98. The Morgan fingerprint density at radius 3 is 2.81 bits per heavy atom. The number of rotatable bonds is 2. The van der Waals surface area contributed by atoms with Gasteiger partial charge in [-0.25, -0.2) is 0 Å². The summed E-state index contributed by atoms with van der Waals surface area (Å²) in [6.07, 6.45) is 5.09. The molecular weight excluding hydrogens is 260 g/mol. The predicted octanol–water partition coefficient (Wildman–Crippen LogP) is 4.55. The second kappa shape index (κ2) is 5.15. The normalized spacial score (nSPS) is 34.9. The van der Waals surface area contributed by atoms with Crippen LogP contribution in [0.5, 0.6) is 0 Å². The number of aliphatic carboxylic acids is 1. The first kappa shape index (κ1) is 14.6. The maximum Gasteiger partial charge on any atom is 0.309 e. The molecule has 3 rings (SSSR count). The van der Waals surface area contributed by atoms with E-state index in [2.05, 4.69) is 32.0 Å². The van der Waals surface area contributed by atoms with E-state index >= 15 is 0 Å². The van der Waals surface area contributed by atoms with E-state index in [1.165, 1.54) is 16.7 Å². The Morgan fingerprint density at radius 2 is 2.14 bits per heavy atom. The SMILES string of the molecule is CC[C@H]1[C@@H]2CCc3cc(C)ccc3[C@H]2CC[C@]1(C)C(=O)O. The molecule has 0 heterocycles. The molecule has 0 unspecified atom stereocenters. The van der Waals surface area contributed by atoms with E-state index in [4.69, 9.17) is 0 Å². The molecule has 0 amide bonds. The standard InChI is InChI=1S/C19H26O2/c1-4-17-16-8-6-13-11-12(2)5-7-14(13)15(16)9-10-19(17,3)18(20)21/h5,7,11,15-17H,4,6,8-10H2,1-3H3,(H,20,21)/t15-,16-,17+,19+/m1/s1. The largest absolute Gasteiger partial charge is 0.481 e. The molecule has 1 fully saturated rings. The van der Waals surface area contributed by atoms with Crippen molar-refractivity contribution >= 4 is 5.97 Å². The first-order chi connectivity index (χ1) is 9.97. The molecule has 21 heavy (non-hydrogen) atoms. The van der Waals surface area contributed by atoms with Crippen LogP contribution in [0.1, 0.15) is 62.1 Å². The van der Waals surface area contributed by atoms with Crippen molar-refractivity contribution < 1.29 is 9.90 Å². The third-order valence-corrected chi connectivity index (χ3v) is 6.20. The highest BCUT2D eigenvalue weighted by Crippen LogP contribution is 2.55. The summed E-state index contributed by atoms with van der Waals surface area (Å²) >= 11 is 0. The topological polar surface area (TPSA) is 37.3 Å². The van der Waals surface area contributed by atoms with E-state index < -0.39 is 11.4 Å². The lowest BCUT2D eigenvalue weighted by atomic mass is 9.54. The smallest absolute Gasteiger partial charge is 0.309 e. The highest BCUT2D eigenvalue weighted by Gasteiger charge is 2.51. The lowest BCUT2D eigenvalue weighted by Gasteiger charge is -2.50. The Hall–Kier alpha value is -1.31. The maximum absolute atomic E-state index is 11.8. The van der Waals surface area contributed by atoms with Crippen LogP contribution in [-0.2, 0) is 11.2 Å². The average Bonchev–Trinajstić information content (AvgIpc) is 2.46. The summed E-state index contributed by atoms with van der Waals surface area (Å²) in [6, 6.07) is 6.85. The summed E-state index contributed by atoms with van der Waals surface area (Å²) in [7, 11) is 0. The van der Waals surface area contributed by atoms with Crippen LogP contribution in [0.15, 0.2) is 18.2 Å². The monoisotopic (exact) mass is 286 g/mol. The van der Waals surface area contributed by atoms with Crippen molar-refractivity contribution in [3.05, 3.63) is 34.9 Å². The van der Waals surface area contributed by atoms with Crippen LogP contribution >= 0.6 is 0 Å². The van der Waals surface area contributed by atoms with Gasteiger partial charge >= 0.3 is 5.97 Å². The third kappa shape index (κ3) is 2.20. The van der Waals surface area contributed by atoms with Gasteiger partial charge in [-0.15, -0.1) is 0 Å². The molecule has 2 heteroatoms. The third-order valence-electron chi connectivity index (χ3n) is 6.20. The van der Waals surface area contributed by atoms with Gasteiger partial charge in [0.25, 0.3) is 0 Å².